The van der Waals surface area contributed by atoms with E-state index in [1.807, 2.05) is 0 Å². The highest BCUT2D eigenvalue weighted by atomic mass is 35.5. The minimum Gasteiger partial charge on any atom is -0.506 e. The van der Waals surface area contributed by atoms with Gasteiger partial charge >= 0.3 is 6.18 Å². The van der Waals surface area contributed by atoms with Gasteiger partial charge in [-0.15, -0.1) is 0 Å². The molecule has 0 saturated heterocycles. The summed E-state index contributed by atoms with van der Waals surface area (Å²) in [5.41, 5.74) is -1.47. The fourth-order valence-corrected chi connectivity index (χ4v) is 2.51. The number of nitrogens with zero attached hydrogens (tertiary/aromatic N) is 1. The molecule has 0 unspecified atom stereocenters. The zero-order valence-corrected chi connectivity index (χ0v) is 14.2. The van der Waals surface area contributed by atoms with Gasteiger partial charge in [0.2, 0.25) is 0 Å². The minimum absolute atomic E-state index is 0.0210. The fraction of sp³-hybridized carbons (Fsp3) is 0.0588. The third kappa shape index (κ3) is 4.69. The largest absolute Gasteiger partial charge is 0.506 e. The van der Waals surface area contributed by atoms with Crippen molar-refractivity contribution < 1.29 is 23.1 Å². The Morgan fingerprint density at radius 3 is 2.08 bits per heavy atom. The van der Waals surface area contributed by atoms with Gasteiger partial charge < -0.3 is 10.4 Å². The lowest BCUT2D eigenvalue weighted by atomic mass is 10.1. The number of nitriles is 1. The molecule has 1 amide bonds. The van der Waals surface area contributed by atoms with Crippen molar-refractivity contribution >= 4 is 40.6 Å². The number of hydrogen-bond acceptors (Lipinski definition) is 3. The lowest BCUT2D eigenvalue weighted by Gasteiger charge is -2.09. The van der Waals surface area contributed by atoms with Crippen molar-refractivity contribution in [1.29, 1.82) is 5.26 Å². The van der Waals surface area contributed by atoms with E-state index in [0.717, 1.165) is 24.3 Å². The van der Waals surface area contributed by atoms with Crippen molar-refractivity contribution in [3.8, 4) is 6.07 Å². The molecule has 4 nitrogen and oxygen atoms in total. The maximum Gasteiger partial charge on any atom is 0.416 e. The summed E-state index contributed by atoms with van der Waals surface area (Å²) in [5, 5.41) is 21.9. The molecule has 0 aliphatic rings. The molecule has 0 atom stereocenters. The van der Waals surface area contributed by atoms with Crippen LogP contribution in [0.2, 0.25) is 10.0 Å². The fourth-order valence-electron chi connectivity index (χ4n) is 1.98. The topological polar surface area (TPSA) is 73.1 Å². The number of alkyl halides is 3. The van der Waals surface area contributed by atoms with E-state index in [1.165, 1.54) is 18.2 Å². The number of amides is 1. The van der Waals surface area contributed by atoms with Crippen LogP contribution in [0.25, 0.3) is 5.76 Å². The van der Waals surface area contributed by atoms with Gasteiger partial charge in [-0.3, -0.25) is 4.79 Å². The highest BCUT2D eigenvalue weighted by Crippen LogP contribution is 2.30. The number of benzene rings is 2. The van der Waals surface area contributed by atoms with E-state index in [1.54, 1.807) is 6.07 Å². The molecule has 0 heterocycles. The van der Waals surface area contributed by atoms with Crippen LogP contribution in [-0.4, -0.2) is 11.0 Å². The van der Waals surface area contributed by atoms with Gasteiger partial charge in [-0.2, -0.15) is 18.4 Å². The van der Waals surface area contributed by atoms with E-state index in [4.69, 9.17) is 28.5 Å². The van der Waals surface area contributed by atoms with Gasteiger partial charge in [0.25, 0.3) is 5.91 Å². The molecule has 9 heteroatoms. The van der Waals surface area contributed by atoms with E-state index in [2.05, 4.69) is 5.32 Å². The summed E-state index contributed by atoms with van der Waals surface area (Å²) in [6.45, 7) is 0. The molecule has 0 fully saturated rings. The maximum atomic E-state index is 12.5. The van der Waals surface area contributed by atoms with Crippen LogP contribution in [0.1, 0.15) is 11.1 Å². The summed E-state index contributed by atoms with van der Waals surface area (Å²) in [5.74, 6) is -1.66. The molecule has 26 heavy (non-hydrogen) atoms. The molecular formula is C17H9Cl2F3N2O2. The summed E-state index contributed by atoms with van der Waals surface area (Å²) in [6, 6.07) is 9.16. The number of halogens is 5. The first-order chi connectivity index (χ1) is 12.1. The Labute approximate surface area is 156 Å². The summed E-state index contributed by atoms with van der Waals surface area (Å²) in [7, 11) is 0. The van der Waals surface area contributed by atoms with E-state index in [9.17, 15) is 23.1 Å². The Morgan fingerprint density at radius 1 is 1.08 bits per heavy atom. The zero-order chi connectivity index (χ0) is 19.5. The van der Waals surface area contributed by atoms with Gasteiger partial charge in [0.05, 0.1) is 5.56 Å². The standard InChI is InChI=1S/C17H9Cl2F3N2O2/c18-11-5-9(6-12(19)7-11)15(25)14(8-23)16(26)24-13-3-1-10(2-4-13)17(20,21)22/h1-7,25H,(H,24,26)/b15-14+. The molecule has 2 aromatic carbocycles. The van der Waals surface area contributed by atoms with Crippen molar-refractivity contribution in [3.05, 3.63) is 69.2 Å². The molecule has 0 aliphatic carbocycles. The second kappa shape index (κ2) is 7.68. The quantitative estimate of drug-likeness (QED) is 0.409. The van der Waals surface area contributed by atoms with Crippen LogP contribution in [0.5, 0.6) is 0 Å². The molecule has 0 bridgehead atoms. The van der Waals surface area contributed by atoms with Crippen LogP contribution in [0.4, 0.5) is 18.9 Å². The van der Waals surface area contributed by atoms with Crippen LogP contribution in [0, 0.1) is 11.3 Å². The van der Waals surface area contributed by atoms with Crippen LogP contribution in [-0.2, 0) is 11.0 Å². The molecular weight excluding hydrogens is 392 g/mol. The number of carbonyl (C=O) groups excluding carboxylic acids is 1. The predicted octanol–water partition coefficient (Wildman–Crippen LogP) is 5.44. The van der Waals surface area contributed by atoms with E-state index in [0.29, 0.717) is 0 Å². The smallest absolute Gasteiger partial charge is 0.416 e. The van der Waals surface area contributed by atoms with Gasteiger partial charge in [0.15, 0.2) is 5.57 Å². The number of carbonyl (C=O) groups is 1. The molecule has 2 aromatic rings. The molecule has 0 saturated carbocycles. The van der Waals surface area contributed by atoms with Gasteiger partial charge in [-0.25, -0.2) is 0 Å². The van der Waals surface area contributed by atoms with Gasteiger partial charge in [0.1, 0.15) is 11.8 Å². The SMILES string of the molecule is N#C/C(C(=O)Nc1ccc(C(F)(F)F)cc1)=C(\O)c1cc(Cl)cc(Cl)c1. The predicted molar refractivity (Wildman–Crippen MR) is 91.7 cm³/mol. The highest BCUT2D eigenvalue weighted by molar-refractivity contribution is 6.34. The average molecular weight is 401 g/mol. The summed E-state index contributed by atoms with van der Waals surface area (Å²) in [4.78, 5) is 12.2. The molecule has 2 rings (SSSR count). The van der Waals surface area contributed by atoms with Crippen LogP contribution in [0.15, 0.2) is 48.0 Å². The normalized spacial score (nSPS) is 12.2. The number of hydrogen-bond donors (Lipinski definition) is 2. The number of nitrogens with one attached hydrogen (secondary N) is 1. The molecule has 0 aliphatic heterocycles. The number of aliphatic hydroxyl groups is 1. The highest BCUT2D eigenvalue weighted by Gasteiger charge is 2.30. The summed E-state index contributed by atoms with van der Waals surface area (Å²) >= 11 is 11.6. The van der Waals surface area contributed by atoms with Gasteiger partial charge in [0, 0.05) is 21.3 Å². The Kier molecular flexibility index (Phi) is 5.80. The van der Waals surface area contributed by atoms with Gasteiger partial charge in [-0.1, -0.05) is 23.2 Å². The van der Waals surface area contributed by atoms with Gasteiger partial charge in [-0.05, 0) is 42.5 Å². The third-order valence-corrected chi connectivity index (χ3v) is 3.62. The maximum absolute atomic E-state index is 12.5. The van der Waals surface area contributed by atoms with E-state index in [-0.39, 0.29) is 21.3 Å². The lowest BCUT2D eigenvalue weighted by Crippen LogP contribution is -2.15. The van der Waals surface area contributed by atoms with Crippen molar-refractivity contribution in [1.82, 2.24) is 0 Å². The Hall–Kier alpha value is -2.69. The second-order valence-electron chi connectivity index (χ2n) is 5.02. The lowest BCUT2D eigenvalue weighted by molar-refractivity contribution is -0.137. The van der Waals surface area contributed by atoms with Crippen LogP contribution in [0.3, 0.4) is 0 Å². The van der Waals surface area contributed by atoms with Crippen molar-refractivity contribution in [2.45, 2.75) is 6.18 Å². The molecule has 0 aromatic heterocycles. The first-order valence-corrected chi connectivity index (χ1v) is 7.66. The minimum atomic E-state index is -4.51. The number of rotatable bonds is 3. The monoisotopic (exact) mass is 400 g/mol. The van der Waals surface area contributed by atoms with Crippen LogP contribution < -0.4 is 5.32 Å². The Bertz CT molecular complexity index is 897. The summed E-state index contributed by atoms with van der Waals surface area (Å²) < 4.78 is 37.6. The van der Waals surface area contributed by atoms with Crippen molar-refractivity contribution in [3.63, 3.8) is 0 Å². The number of anilines is 1. The third-order valence-electron chi connectivity index (χ3n) is 3.18. The van der Waals surface area contributed by atoms with Crippen molar-refractivity contribution in [2.24, 2.45) is 0 Å². The van der Waals surface area contributed by atoms with E-state index < -0.39 is 29.0 Å². The average Bonchev–Trinajstić information content (AvgIpc) is 2.54. The first kappa shape index (κ1) is 19.6. The van der Waals surface area contributed by atoms with Crippen LogP contribution >= 0.6 is 23.2 Å². The number of aliphatic hydroxyl groups excluding tert-OH is 1. The molecule has 134 valence electrons. The van der Waals surface area contributed by atoms with Crippen molar-refractivity contribution in [2.75, 3.05) is 5.32 Å². The summed E-state index contributed by atoms with van der Waals surface area (Å²) in [6.07, 6.45) is -4.51. The van der Waals surface area contributed by atoms with E-state index >= 15 is 0 Å². The zero-order valence-electron chi connectivity index (χ0n) is 12.7. The second-order valence-corrected chi connectivity index (χ2v) is 5.90. The first-order valence-electron chi connectivity index (χ1n) is 6.90. The Morgan fingerprint density at radius 2 is 1.62 bits per heavy atom. The Balaban J connectivity index is 2.30. The molecule has 0 spiro atoms. The molecule has 0 radical (unpaired) electrons. The molecule has 2 N–H and O–H groups in total.